The number of carbonyl (C=O) groups is 2. The minimum Gasteiger partial charge on any atom is -0.347 e. The lowest BCUT2D eigenvalue weighted by atomic mass is 10.0. The summed E-state index contributed by atoms with van der Waals surface area (Å²) < 4.78 is 1.99. The Hall–Kier alpha value is -2.63. The molecule has 0 aliphatic carbocycles. The van der Waals surface area contributed by atoms with E-state index in [1.54, 1.807) is 0 Å². The van der Waals surface area contributed by atoms with Crippen LogP contribution in [0.1, 0.15) is 70.5 Å². The number of rotatable bonds is 4. The Morgan fingerprint density at radius 2 is 2.00 bits per heavy atom. The van der Waals surface area contributed by atoms with Crippen molar-refractivity contribution in [2.45, 2.75) is 59.0 Å². The van der Waals surface area contributed by atoms with Gasteiger partial charge in [0.15, 0.2) is 5.82 Å². The Balaban J connectivity index is 1.56. The molecule has 2 aliphatic heterocycles. The lowest BCUT2D eigenvalue weighted by molar-refractivity contribution is 0.0664. The van der Waals surface area contributed by atoms with Gasteiger partial charge in [-0.15, -0.1) is 0 Å². The highest BCUT2D eigenvalue weighted by atomic mass is 16.2. The van der Waals surface area contributed by atoms with Crippen LogP contribution in [0.25, 0.3) is 0 Å². The average Bonchev–Trinajstić information content (AvgIpc) is 3.12. The molecule has 0 radical (unpaired) electrons. The number of carbonyl (C=O) groups excluding carboxylic acids is 2. The zero-order chi connectivity index (χ0) is 20.4. The molecule has 1 unspecified atom stereocenters. The summed E-state index contributed by atoms with van der Waals surface area (Å²) in [6, 6.07) is 8.02. The van der Waals surface area contributed by atoms with Crippen LogP contribution in [0, 0.1) is 12.8 Å². The Kier molecular flexibility index (Phi) is 5.69. The highest BCUT2D eigenvalue weighted by Gasteiger charge is 2.31. The average molecular weight is 395 g/mol. The maximum Gasteiger partial charge on any atom is 0.289 e. The van der Waals surface area contributed by atoms with Crippen molar-refractivity contribution in [1.29, 1.82) is 0 Å². The van der Waals surface area contributed by atoms with Crippen molar-refractivity contribution < 1.29 is 9.59 Å². The molecule has 1 aromatic carbocycles. The SMILES string of the molecule is Cc1ccccc1CNC(=O)c1nc(C(=O)N2CCCC(C)C2)n2c1CCCC2. The zero-order valence-electron chi connectivity index (χ0n) is 17.4. The first-order valence-electron chi connectivity index (χ1n) is 10.8. The Morgan fingerprint density at radius 3 is 2.79 bits per heavy atom. The quantitative estimate of drug-likeness (QED) is 0.865. The van der Waals surface area contributed by atoms with Crippen LogP contribution < -0.4 is 5.32 Å². The van der Waals surface area contributed by atoms with Gasteiger partial charge >= 0.3 is 0 Å². The molecule has 4 rings (SSSR count). The number of likely N-dealkylation sites (tertiary alicyclic amines) is 1. The van der Waals surface area contributed by atoms with Crippen molar-refractivity contribution in [2.24, 2.45) is 5.92 Å². The highest BCUT2D eigenvalue weighted by molar-refractivity contribution is 5.97. The van der Waals surface area contributed by atoms with E-state index in [2.05, 4.69) is 17.2 Å². The zero-order valence-corrected chi connectivity index (χ0v) is 17.4. The number of aryl methyl sites for hydroxylation is 1. The number of hydrogen-bond donors (Lipinski definition) is 1. The standard InChI is InChI=1S/C23H30N4O2/c1-16-8-7-12-26(15-16)23(29)21-25-20(19-11-5-6-13-27(19)21)22(28)24-14-18-10-4-3-9-17(18)2/h3-4,9-10,16H,5-8,11-15H2,1-2H3,(H,24,28). The topological polar surface area (TPSA) is 67.2 Å². The van der Waals surface area contributed by atoms with Crippen LogP contribution in [0.15, 0.2) is 24.3 Å². The van der Waals surface area contributed by atoms with Gasteiger partial charge in [0.1, 0.15) is 5.69 Å². The first-order valence-corrected chi connectivity index (χ1v) is 10.8. The van der Waals surface area contributed by atoms with Crippen LogP contribution in [0.5, 0.6) is 0 Å². The fraction of sp³-hybridized carbons (Fsp3) is 0.522. The van der Waals surface area contributed by atoms with Gasteiger partial charge in [-0.05, 0) is 56.1 Å². The number of fused-ring (bicyclic) bond motifs is 1. The first-order chi connectivity index (χ1) is 14.0. The highest BCUT2D eigenvalue weighted by Crippen LogP contribution is 2.24. The molecule has 2 aliphatic rings. The molecular weight excluding hydrogens is 364 g/mol. The predicted molar refractivity (Wildman–Crippen MR) is 112 cm³/mol. The molecule has 6 nitrogen and oxygen atoms in total. The largest absolute Gasteiger partial charge is 0.347 e. The van der Waals surface area contributed by atoms with Gasteiger partial charge in [-0.1, -0.05) is 31.2 Å². The number of imidazole rings is 1. The molecule has 2 aromatic rings. The van der Waals surface area contributed by atoms with Gasteiger partial charge in [-0.25, -0.2) is 4.98 Å². The molecule has 1 fully saturated rings. The van der Waals surface area contributed by atoms with Gasteiger partial charge in [0.25, 0.3) is 11.8 Å². The number of aromatic nitrogens is 2. The lowest BCUT2D eigenvalue weighted by Crippen LogP contribution is -2.40. The molecule has 0 bridgehead atoms. The fourth-order valence-corrected chi connectivity index (χ4v) is 4.47. The second-order valence-corrected chi connectivity index (χ2v) is 8.45. The summed E-state index contributed by atoms with van der Waals surface area (Å²) in [4.78, 5) is 32.6. The molecular formula is C23H30N4O2. The molecule has 2 amide bonds. The maximum atomic E-state index is 13.2. The first kappa shape index (κ1) is 19.7. The van der Waals surface area contributed by atoms with E-state index in [-0.39, 0.29) is 11.8 Å². The van der Waals surface area contributed by atoms with E-state index in [1.807, 2.05) is 40.7 Å². The van der Waals surface area contributed by atoms with Crippen LogP contribution in [-0.4, -0.2) is 39.4 Å². The van der Waals surface area contributed by atoms with Gasteiger partial charge in [0, 0.05) is 26.2 Å². The van der Waals surface area contributed by atoms with Crippen molar-refractivity contribution >= 4 is 11.8 Å². The molecule has 1 N–H and O–H groups in total. The van der Waals surface area contributed by atoms with Crippen LogP contribution in [-0.2, 0) is 19.5 Å². The Bertz CT molecular complexity index is 918. The third-order valence-corrected chi connectivity index (χ3v) is 6.17. The molecule has 0 spiro atoms. The van der Waals surface area contributed by atoms with E-state index in [4.69, 9.17) is 0 Å². The van der Waals surface area contributed by atoms with Gasteiger partial charge in [-0.2, -0.15) is 0 Å². The number of nitrogens with one attached hydrogen (secondary N) is 1. The summed E-state index contributed by atoms with van der Waals surface area (Å²) in [5.74, 6) is 0.734. The van der Waals surface area contributed by atoms with Gasteiger partial charge in [0.05, 0.1) is 5.69 Å². The number of nitrogens with zero attached hydrogens (tertiary/aromatic N) is 3. The number of amides is 2. The molecule has 6 heteroatoms. The second kappa shape index (κ2) is 8.39. The van der Waals surface area contributed by atoms with E-state index in [9.17, 15) is 9.59 Å². The Labute approximate surface area is 172 Å². The second-order valence-electron chi connectivity index (χ2n) is 8.45. The van der Waals surface area contributed by atoms with Crippen LogP contribution in [0.2, 0.25) is 0 Å². The lowest BCUT2D eigenvalue weighted by Gasteiger charge is -2.31. The number of piperidine rings is 1. The van der Waals surface area contributed by atoms with Crippen molar-refractivity contribution in [3.8, 4) is 0 Å². The number of benzene rings is 1. The van der Waals surface area contributed by atoms with E-state index in [0.29, 0.717) is 24.0 Å². The van der Waals surface area contributed by atoms with E-state index >= 15 is 0 Å². The summed E-state index contributed by atoms with van der Waals surface area (Å²) in [7, 11) is 0. The van der Waals surface area contributed by atoms with E-state index < -0.39 is 0 Å². The van der Waals surface area contributed by atoms with Crippen molar-refractivity contribution in [3.05, 3.63) is 52.6 Å². The molecule has 1 aromatic heterocycles. The molecule has 1 saturated heterocycles. The molecule has 1 atom stereocenters. The van der Waals surface area contributed by atoms with Gasteiger partial charge in [-0.3, -0.25) is 9.59 Å². The summed E-state index contributed by atoms with van der Waals surface area (Å²) in [6.45, 7) is 7.00. The van der Waals surface area contributed by atoms with Crippen molar-refractivity contribution in [2.75, 3.05) is 13.1 Å². The van der Waals surface area contributed by atoms with Crippen LogP contribution in [0.4, 0.5) is 0 Å². The molecule has 154 valence electrons. The van der Waals surface area contributed by atoms with Gasteiger partial charge < -0.3 is 14.8 Å². The van der Waals surface area contributed by atoms with Gasteiger partial charge in [0.2, 0.25) is 0 Å². The minimum atomic E-state index is -0.190. The number of hydrogen-bond acceptors (Lipinski definition) is 3. The van der Waals surface area contributed by atoms with Crippen LogP contribution >= 0.6 is 0 Å². The third-order valence-electron chi connectivity index (χ3n) is 6.17. The predicted octanol–water partition coefficient (Wildman–Crippen LogP) is 3.33. The maximum absolute atomic E-state index is 13.2. The monoisotopic (exact) mass is 394 g/mol. The minimum absolute atomic E-state index is 0.0300. The summed E-state index contributed by atoms with van der Waals surface area (Å²) >= 11 is 0. The van der Waals surface area contributed by atoms with Crippen molar-refractivity contribution in [3.63, 3.8) is 0 Å². The fourth-order valence-electron chi connectivity index (χ4n) is 4.47. The van der Waals surface area contributed by atoms with E-state index in [0.717, 1.165) is 68.6 Å². The normalized spacial score (nSPS) is 19.0. The van der Waals surface area contributed by atoms with E-state index in [1.165, 1.54) is 0 Å². The molecule has 3 heterocycles. The molecule has 29 heavy (non-hydrogen) atoms. The summed E-state index contributed by atoms with van der Waals surface area (Å²) in [5, 5.41) is 3.01. The summed E-state index contributed by atoms with van der Waals surface area (Å²) in [6.07, 6.45) is 5.03. The van der Waals surface area contributed by atoms with Crippen molar-refractivity contribution in [1.82, 2.24) is 19.8 Å². The smallest absolute Gasteiger partial charge is 0.289 e. The third kappa shape index (κ3) is 4.07. The summed E-state index contributed by atoms with van der Waals surface area (Å²) in [5.41, 5.74) is 3.57. The molecule has 0 saturated carbocycles. The van der Waals surface area contributed by atoms with Crippen LogP contribution in [0.3, 0.4) is 0 Å². The Morgan fingerprint density at radius 1 is 1.17 bits per heavy atom.